The minimum Gasteiger partial charge on any atom is -0.466 e. The van der Waals surface area contributed by atoms with Gasteiger partial charge in [-0.2, -0.15) is 0 Å². The second kappa shape index (κ2) is 5.20. The van der Waals surface area contributed by atoms with Crippen LogP contribution >= 0.6 is 0 Å². The first-order chi connectivity index (χ1) is 7.13. The number of carbonyl (C=O) groups is 1. The fraction of sp³-hybridized carbons (Fsp3) is 0.250. The Kier molecular flexibility index (Phi) is 3.92. The molecule has 0 amide bonds. The Bertz CT molecular complexity index is 354. The molecular formula is C12H15NO2. The zero-order valence-electron chi connectivity index (χ0n) is 9.23. The molecule has 0 aromatic heterocycles. The average Bonchev–Trinajstić information content (AvgIpc) is 2.26. The number of anilines is 1. The second-order valence-corrected chi connectivity index (χ2v) is 3.29. The predicted molar refractivity (Wildman–Crippen MR) is 60.7 cm³/mol. The van der Waals surface area contributed by atoms with Crippen LogP contribution in [-0.4, -0.2) is 20.1 Å². The molecule has 0 bridgehead atoms. The number of benzene rings is 1. The van der Waals surface area contributed by atoms with Crippen molar-refractivity contribution in [3.05, 3.63) is 42.1 Å². The maximum atomic E-state index is 10.9. The van der Waals surface area contributed by atoms with E-state index in [1.165, 1.54) is 18.7 Å². The maximum Gasteiger partial charge on any atom is 0.331 e. The van der Waals surface area contributed by atoms with Gasteiger partial charge in [-0.3, -0.25) is 0 Å². The highest BCUT2D eigenvalue weighted by Gasteiger charge is 1.97. The molecule has 0 heterocycles. The fourth-order valence-corrected chi connectivity index (χ4v) is 1.11. The predicted octanol–water partition coefficient (Wildman–Crippen LogP) is 2.12. The molecule has 0 N–H and O–H groups in total. The highest BCUT2D eigenvalue weighted by atomic mass is 16.5. The molecule has 1 rings (SSSR count). The Morgan fingerprint density at radius 3 is 2.47 bits per heavy atom. The minimum absolute atomic E-state index is 0.353. The number of aryl methyl sites for hydroxylation is 1. The Morgan fingerprint density at radius 2 is 1.93 bits per heavy atom. The highest BCUT2D eigenvalue weighted by molar-refractivity contribution is 5.82. The molecule has 0 aliphatic carbocycles. The van der Waals surface area contributed by atoms with Crippen molar-refractivity contribution in [2.75, 3.05) is 19.1 Å². The minimum atomic E-state index is -0.353. The number of rotatable bonds is 3. The molecule has 3 nitrogen and oxygen atoms in total. The van der Waals surface area contributed by atoms with Crippen molar-refractivity contribution in [3.8, 4) is 0 Å². The van der Waals surface area contributed by atoms with Gasteiger partial charge < -0.3 is 9.64 Å². The van der Waals surface area contributed by atoms with Crippen molar-refractivity contribution < 1.29 is 9.53 Å². The summed E-state index contributed by atoms with van der Waals surface area (Å²) in [6, 6.07) is 8.05. The quantitative estimate of drug-likeness (QED) is 0.559. The summed E-state index contributed by atoms with van der Waals surface area (Å²) in [5.74, 6) is -0.353. The van der Waals surface area contributed by atoms with E-state index < -0.39 is 0 Å². The van der Waals surface area contributed by atoms with E-state index in [2.05, 4.69) is 4.74 Å². The van der Waals surface area contributed by atoms with Crippen LogP contribution in [0.4, 0.5) is 5.69 Å². The molecule has 0 saturated carbocycles. The number of hydrogen-bond donors (Lipinski definition) is 0. The van der Waals surface area contributed by atoms with Crippen LogP contribution in [0.25, 0.3) is 0 Å². The van der Waals surface area contributed by atoms with Crippen molar-refractivity contribution in [1.82, 2.24) is 0 Å². The molecule has 0 saturated heterocycles. The molecule has 0 unspecified atom stereocenters. The van der Waals surface area contributed by atoms with E-state index >= 15 is 0 Å². The van der Waals surface area contributed by atoms with Crippen LogP contribution in [-0.2, 0) is 9.53 Å². The largest absolute Gasteiger partial charge is 0.466 e. The van der Waals surface area contributed by atoms with Gasteiger partial charge in [0.25, 0.3) is 0 Å². The van der Waals surface area contributed by atoms with E-state index in [0.29, 0.717) is 0 Å². The zero-order chi connectivity index (χ0) is 11.3. The third-order valence-electron chi connectivity index (χ3n) is 2.08. The van der Waals surface area contributed by atoms with Gasteiger partial charge in [-0.1, -0.05) is 17.7 Å². The van der Waals surface area contributed by atoms with Gasteiger partial charge in [0.05, 0.1) is 7.11 Å². The van der Waals surface area contributed by atoms with Crippen LogP contribution in [0.15, 0.2) is 36.5 Å². The number of nitrogens with zero attached hydrogens (tertiary/aromatic N) is 1. The zero-order valence-corrected chi connectivity index (χ0v) is 9.23. The Hall–Kier alpha value is -1.77. The molecule has 3 heteroatoms. The topological polar surface area (TPSA) is 29.5 Å². The summed E-state index contributed by atoms with van der Waals surface area (Å²) in [4.78, 5) is 12.7. The number of ether oxygens (including phenoxy) is 1. The summed E-state index contributed by atoms with van der Waals surface area (Å²) in [7, 11) is 3.24. The van der Waals surface area contributed by atoms with Gasteiger partial charge in [0.15, 0.2) is 0 Å². The molecular weight excluding hydrogens is 190 g/mol. The molecule has 1 aromatic carbocycles. The first-order valence-electron chi connectivity index (χ1n) is 4.69. The molecule has 0 aliphatic heterocycles. The Labute approximate surface area is 90.0 Å². The lowest BCUT2D eigenvalue weighted by Gasteiger charge is -2.13. The lowest BCUT2D eigenvalue weighted by molar-refractivity contribution is -0.134. The Morgan fingerprint density at radius 1 is 1.33 bits per heavy atom. The van der Waals surface area contributed by atoms with E-state index in [-0.39, 0.29) is 5.97 Å². The first kappa shape index (κ1) is 11.3. The van der Waals surface area contributed by atoms with Crippen molar-refractivity contribution in [2.24, 2.45) is 0 Å². The van der Waals surface area contributed by atoms with E-state index in [0.717, 1.165) is 5.69 Å². The highest BCUT2D eigenvalue weighted by Crippen LogP contribution is 2.13. The van der Waals surface area contributed by atoms with Gasteiger partial charge in [-0.05, 0) is 19.1 Å². The van der Waals surface area contributed by atoms with Crippen LogP contribution in [0.1, 0.15) is 5.56 Å². The average molecular weight is 205 g/mol. The van der Waals surface area contributed by atoms with E-state index in [9.17, 15) is 4.79 Å². The van der Waals surface area contributed by atoms with Crippen molar-refractivity contribution in [1.29, 1.82) is 0 Å². The molecule has 0 radical (unpaired) electrons. The van der Waals surface area contributed by atoms with Crippen molar-refractivity contribution in [3.63, 3.8) is 0 Å². The second-order valence-electron chi connectivity index (χ2n) is 3.29. The summed E-state index contributed by atoms with van der Waals surface area (Å²) in [6.45, 7) is 2.04. The molecule has 15 heavy (non-hydrogen) atoms. The summed E-state index contributed by atoms with van der Waals surface area (Å²) < 4.78 is 4.50. The third-order valence-corrected chi connectivity index (χ3v) is 2.08. The first-order valence-corrected chi connectivity index (χ1v) is 4.69. The van der Waals surface area contributed by atoms with Crippen molar-refractivity contribution in [2.45, 2.75) is 6.92 Å². The summed E-state index contributed by atoms with van der Waals surface area (Å²) in [6.07, 6.45) is 3.07. The van der Waals surface area contributed by atoms with Gasteiger partial charge in [0.1, 0.15) is 0 Å². The standard InChI is InChI=1S/C12H15NO2/c1-10-4-6-11(7-5-10)13(2)9-8-12(14)15-3/h4-9H,1-3H3. The fourth-order valence-electron chi connectivity index (χ4n) is 1.11. The van der Waals surface area contributed by atoms with Crippen LogP contribution in [0.5, 0.6) is 0 Å². The number of hydrogen-bond acceptors (Lipinski definition) is 3. The lowest BCUT2D eigenvalue weighted by atomic mass is 10.2. The van der Waals surface area contributed by atoms with Crippen LogP contribution in [0.2, 0.25) is 0 Å². The molecule has 80 valence electrons. The third kappa shape index (κ3) is 3.46. The maximum absolute atomic E-state index is 10.9. The normalized spacial score (nSPS) is 10.3. The number of esters is 1. The molecule has 1 aromatic rings. The molecule has 0 spiro atoms. The lowest BCUT2D eigenvalue weighted by Crippen LogP contribution is -2.09. The SMILES string of the molecule is COC(=O)C=CN(C)c1ccc(C)cc1. The summed E-state index contributed by atoms with van der Waals surface area (Å²) in [5, 5.41) is 0. The number of methoxy groups -OCH3 is 1. The smallest absolute Gasteiger partial charge is 0.331 e. The summed E-state index contributed by atoms with van der Waals surface area (Å²) >= 11 is 0. The van der Waals surface area contributed by atoms with Crippen molar-refractivity contribution >= 4 is 11.7 Å². The Balaban J connectivity index is 2.68. The summed E-state index contributed by atoms with van der Waals surface area (Å²) in [5.41, 5.74) is 2.24. The van der Waals surface area contributed by atoms with Gasteiger partial charge in [-0.25, -0.2) is 4.79 Å². The number of carbonyl (C=O) groups excluding carboxylic acids is 1. The molecule has 0 fully saturated rings. The van der Waals surface area contributed by atoms with Crippen LogP contribution in [0.3, 0.4) is 0 Å². The van der Waals surface area contributed by atoms with Gasteiger partial charge in [-0.15, -0.1) is 0 Å². The van der Waals surface area contributed by atoms with E-state index in [4.69, 9.17) is 0 Å². The molecule has 0 aliphatic rings. The van der Waals surface area contributed by atoms with Crippen LogP contribution in [0, 0.1) is 6.92 Å². The van der Waals surface area contributed by atoms with E-state index in [1.54, 1.807) is 6.20 Å². The van der Waals surface area contributed by atoms with E-state index in [1.807, 2.05) is 43.1 Å². The van der Waals surface area contributed by atoms with Gasteiger partial charge in [0.2, 0.25) is 0 Å². The molecule has 0 atom stereocenters. The van der Waals surface area contributed by atoms with Gasteiger partial charge >= 0.3 is 5.97 Å². The van der Waals surface area contributed by atoms with Crippen LogP contribution < -0.4 is 4.90 Å². The monoisotopic (exact) mass is 205 g/mol. The van der Waals surface area contributed by atoms with Gasteiger partial charge in [0, 0.05) is 25.0 Å².